The number of carbonyl (C=O) groups excluding carboxylic acids is 1. The molecule has 2 heterocycles. The van der Waals surface area contributed by atoms with Gasteiger partial charge in [0.1, 0.15) is 10.6 Å². The highest BCUT2D eigenvalue weighted by molar-refractivity contribution is 7.21. The summed E-state index contributed by atoms with van der Waals surface area (Å²) in [4.78, 5) is 16.0. The summed E-state index contributed by atoms with van der Waals surface area (Å²) >= 11 is 7.98. The van der Waals surface area contributed by atoms with E-state index in [1.807, 2.05) is 31.2 Å². The molecule has 1 atom stereocenters. The van der Waals surface area contributed by atoms with Crippen molar-refractivity contribution in [2.45, 2.75) is 25.8 Å². The molecule has 1 aliphatic rings. The molecule has 6 heteroatoms. The van der Waals surface area contributed by atoms with E-state index in [0.29, 0.717) is 16.4 Å². The zero-order valence-electron chi connectivity index (χ0n) is 16.7. The number of benzene rings is 2. The Morgan fingerprint density at radius 1 is 1.21 bits per heavy atom. The number of likely N-dealkylation sites (tertiary alicyclic amines) is 1. The first-order valence-electron chi connectivity index (χ1n) is 9.91. The Morgan fingerprint density at radius 2 is 1.93 bits per heavy atom. The highest BCUT2D eigenvalue weighted by atomic mass is 35.5. The second-order valence-electron chi connectivity index (χ2n) is 7.49. The van der Waals surface area contributed by atoms with E-state index in [0.717, 1.165) is 34.5 Å². The van der Waals surface area contributed by atoms with Crippen molar-refractivity contribution in [1.82, 2.24) is 10.2 Å². The van der Waals surface area contributed by atoms with E-state index in [-0.39, 0.29) is 11.9 Å². The third kappa shape index (κ3) is 4.27. The van der Waals surface area contributed by atoms with Gasteiger partial charge in [0.2, 0.25) is 0 Å². The summed E-state index contributed by atoms with van der Waals surface area (Å²) in [6.45, 7) is 4.70. The summed E-state index contributed by atoms with van der Waals surface area (Å²) in [6, 6.07) is 14.4. The van der Waals surface area contributed by atoms with Gasteiger partial charge in [-0.05, 0) is 62.2 Å². The van der Waals surface area contributed by atoms with E-state index in [4.69, 9.17) is 16.3 Å². The van der Waals surface area contributed by atoms with Crippen LogP contribution < -0.4 is 10.1 Å². The number of thiophene rings is 1. The number of ether oxygens (including phenoxy) is 1. The number of rotatable bonds is 6. The first kappa shape index (κ1) is 20.2. The quantitative estimate of drug-likeness (QED) is 0.568. The van der Waals surface area contributed by atoms with Crippen LogP contribution in [0.1, 0.15) is 39.7 Å². The number of carbonyl (C=O) groups is 1. The molecule has 1 saturated heterocycles. The highest BCUT2D eigenvalue weighted by Gasteiger charge is 2.25. The molecular weight excluding hydrogens is 404 g/mol. The molecule has 1 N–H and O–H groups in total. The van der Waals surface area contributed by atoms with Crippen LogP contribution in [0.3, 0.4) is 0 Å². The molecule has 3 aromatic rings. The number of hydrogen-bond acceptors (Lipinski definition) is 4. The standard InChI is InChI=1S/C23H25ClN2O2S/c1-15-5-10-18-20(13-15)29-22(21(18)24)23(27)25-14-19(26-11-3-4-12-26)16-6-8-17(28-2)9-7-16/h5-10,13,19H,3-4,11-12,14H2,1-2H3,(H,25,27)/t19-/m1/s1. The van der Waals surface area contributed by atoms with Crippen molar-refractivity contribution >= 4 is 38.9 Å². The van der Waals surface area contributed by atoms with Gasteiger partial charge in [0.15, 0.2) is 0 Å². The minimum Gasteiger partial charge on any atom is -0.497 e. The molecule has 4 nitrogen and oxygen atoms in total. The maximum atomic E-state index is 12.9. The third-order valence-electron chi connectivity index (χ3n) is 5.53. The van der Waals surface area contributed by atoms with Crippen LogP contribution in [0.4, 0.5) is 0 Å². The number of amides is 1. The summed E-state index contributed by atoms with van der Waals surface area (Å²) in [5.74, 6) is 0.733. The van der Waals surface area contributed by atoms with Crippen LogP contribution in [0.2, 0.25) is 5.02 Å². The molecule has 1 aliphatic heterocycles. The maximum Gasteiger partial charge on any atom is 0.262 e. The molecule has 1 fully saturated rings. The summed E-state index contributed by atoms with van der Waals surface area (Å²) < 4.78 is 6.33. The minimum atomic E-state index is -0.105. The van der Waals surface area contributed by atoms with Crippen LogP contribution in [0.15, 0.2) is 42.5 Å². The van der Waals surface area contributed by atoms with Gasteiger partial charge in [0.25, 0.3) is 5.91 Å². The van der Waals surface area contributed by atoms with E-state index in [9.17, 15) is 4.79 Å². The van der Waals surface area contributed by atoms with Crippen molar-refractivity contribution < 1.29 is 9.53 Å². The SMILES string of the molecule is COc1ccc([C@@H](CNC(=O)c2sc3cc(C)ccc3c2Cl)N2CCCC2)cc1. The van der Waals surface area contributed by atoms with E-state index >= 15 is 0 Å². The predicted octanol–water partition coefficient (Wildman–Crippen LogP) is 5.44. The summed E-state index contributed by atoms with van der Waals surface area (Å²) in [7, 11) is 1.67. The van der Waals surface area contributed by atoms with Crippen molar-refractivity contribution in [2.24, 2.45) is 0 Å². The number of halogens is 1. The van der Waals surface area contributed by atoms with E-state index in [1.165, 1.54) is 29.7 Å². The molecular formula is C23H25ClN2O2S. The molecule has 4 rings (SSSR count). The molecule has 0 saturated carbocycles. The predicted molar refractivity (Wildman–Crippen MR) is 120 cm³/mol. The van der Waals surface area contributed by atoms with E-state index in [2.05, 4.69) is 28.4 Å². The van der Waals surface area contributed by atoms with Crippen LogP contribution >= 0.6 is 22.9 Å². The molecule has 1 amide bonds. The Balaban J connectivity index is 1.53. The largest absolute Gasteiger partial charge is 0.497 e. The lowest BCUT2D eigenvalue weighted by Crippen LogP contribution is -2.36. The van der Waals surface area contributed by atoms with Gasteiger partial charge in [0.05, 0.1) is 18.2 Å². The molecule has 0 bridgehead atoms. The van der Waals surface area contributed by atoms with E-state index in [1.54, 1.807) is 7.11 Å². The Labute approximate surface area is 180 Å². The van der Waals surface area contributed by atoms with Gasteiger partial charge in [-0.2, -0.15) is 0 Å². The lowest BCUT2D eigenvalue weighted by Gasteiger charge is -2.28. The first-order valence-corrected chi connectivity index (χ1v) is 11.1. The van der Waals surface area contributed by atoms with Gasteiger partial charge in [-0.1, -0.05) is 35.9 Å². The lowest BCUT2D eigenvalue weighted by molar-refractivity contribution is 0.0942. The number of fused-ring (bicyclic) bond motifs is 1. The van der Waals surface area contributed by atoms with Crippen LogP contribution in [-0.2, 0) is 0 Å². The number of methoxy groups -OCH3 is 1. The molecule has 1 aromatic heterocycles. The normalized spacial score (nSPS) is 15.6. The van der Waals surface area contributed by atoms with Crippen molar-refractivity contribution in [3.63, 3.8) is 0 Å². The van der Waals surface area contributed by atoms with E-state index < -0.39 is 0 Å². The molecule has 29 heavy (non-hydrogen) atoms. The van der Waals surface area contributed by atoms with Gasteiger partial charge < -0.3 is 10.1 Å². The summed E-state index contributed by atoms with van der Waals surface area (Å²) in [6.07, 6.45) is 2.39. The maximum absolute atomic E-state index is 12.9. The highest BCUT2D eigenvalue weighted by Crippen LogP contribution is 2.36. The minimum absolute atomic E-state index is 0.105. The van der Waals surface area contributed by atoms with Gasteiger partial charge in [-0.3, -0.25) is 9.69 Å². The Bertz CT molecular complexity index is 1010. The van der Waals surface area contributed by atoms with Crippen LogP contribution in [0.25, 0.3) is 10.1 Å². The number of aryl methyl sites for hydroxylation is 1. The second-order valence-corrected chi connectivity index (χ2v) is 8.92. The molecule has 152 valence electrons. The van der Waals surface area contributed by atoms with Crippen molar-refractivity contribution in [3.05, 3.63) is 63.5 Å². The summed E-state index contributed by atoms with van der Waals surface area (Å²) in [5.41, 5.74) is 2.35. The van der Waals surface area contributed by atoms with Crippen LogP contribution in [0.5, 0.6) is 5.75 Å². The number of hydrogen-bond donors (Lipinski definition) is 1. The fourth-order valence-electron chi connectivity index (χ4n) is 3.93. The van der Waals surface area contributed by atoms with Crippen molar-refractivity contribution in [3.8, 4) is 5.75 Å². The Morgan fingerprint density at radius 3 is 2.62 bits per heavy atom. The molecule has 0 aliphatic carbocycles. The Kier molecular flexibility index (Phi) is 6.09. The number of nitrogens with zero attached hydrogens (tertiary/aromatic N) is 1. The van der Waals surface area contributed by atoms with Crippen molar-refractivity contribution in [2.75, 3.05) is 26.7 Å². The fourth-order valence-corrected chi connectivity index (χ4v) is 5.46. The zero-order chi connectivity index (χ0) is 20.4. The van der Waals surface area contributed by atoms with Gasteiger partial charge in [-0.15, -0.1) is 11.3 Å². The second kappa shape index (κ2) is 8.74. The van der Waals surface area contributed by atoms with Crippen molar-refractivity contribution in [1.29, 1.82) is 0 Å². The third-order valence-corrected chi connectivity index (χ3v) is 7.19. The lowest BCUT2D eigenvalue weighted by atomic mass is 10.1. The molecule has 2 aromatic carbocycles. The summed E-state index contributed by atoms with van der Waals surface area (Å²) in [5, 5.41) is 4.62. The average Bonchev–Trinajstić information content (AvgIpc) is 3.37. The first-order chi connectivity index (χ1) is 14.1. The monoisotopic (exact) mass is 428 g/mol. The van der Waals surface area contributed by atoms with Gasteiger partial charge in [-0.25, -0.2) is 0 Å². The van der Waals surface area contributed by atoms with Crippen LogP contribution in [-0.4, -0.2) is 37.6 Å². The Hall–Kier alpha value is -2.08. The molecule has 0 spiro atoms. The van der Waals surface area contributed by atoms with Gasteiger partial charge >= 0.3 is 0 Å². The fraction of sp³-hybridized carbons (Fsp3) is 0.348. The van der Waals surface area contributed by atoms with Crippen LogP contribution in [0, 0.1) is 6.92 Å². The smallest absolute Gasteiger partial charge is 0.262 e. The molecule has 0 radical (unpaired) electrons. The zero-order valence-corrected chi connectivity index (χ0v) is 18.3. The molecule has 0 unspecified atom stereocenters. The van der Waals surface area contributed by atoms with Gasteiger partial charge in [0, 0.05) is 16.6 Å². The average molecular weight is 429 g/mol. The number of nitrogens with one attached hydrogen (secondary N) is 1. The topological polar surface area (TPSA) is 41.6 Å².